The minimum atomic E-state index is -0.626. The summed E-state index contributed by atoms with van der Waals surface area (Å²) < 4.78 is 0. The van der Waals surface area contributed by atoms with E-state index in [4.69, 9.17) is 11.6 Å². The van der Waals surface area contributed by atoms with Crippen molar-refractivity contribution in [3.8, 4) is 0 Å². The molecule has 2 amide bonds. The molecule has 1 aromatic heterocycles. The molecule has 0 spiro atoms. The molecule has 1 aromatic carbocycles. The number of rotatable bonds is 4. The van der Waals surface area contributed by atoms with E-state index >= 15 is 0 Å². The third-order valence-electron chi connectivity index (χ3n) is 4.38. The molecule has 0 saturated heterocycles. The van der Waals surface area contributed by atoms with Gasteiger partial charge in [0.2, 0.25) is 5.91 Å². The first kappa shape index (κ1) is 18.0. The summed E-state index contributed by atoms with van der Waals surface area (Å²) in [5.74, 6) is 0.188. The van der Waals surface area contributed by atoms with E-state index in [1.54, 1.807) is 0 Å². The molecule has 0 fully saturated rings. The van der Waals surface area contributed by atoms with E-state index in [-0.39, 0.29) is 17.7 Å². The number of amides is 2. The highest BCUT2D eigenvalue weighted by Crippen LogP contribution is 2.32. The van der Waals surface area contributed by atoms with Crippen LogP contribution >= 0.6 is 22.9 Å². The topological polar surface area (TPSA) is 49.4 Å². The number of halogens is 1. The molecule has 1 N–H and O–H groups in total. The molecule has 1 aliphatic rings. The van der Waals surface area contributed by atoms with E-state index in [2.05, 4.69) is 5.32 Å². The minimum absolute atomic E-state index is 0.0380. The molecule has 3 rings (SSSR count). The summed E-state index contributed by atoms with van der Waals surface area (Å²) in [4.78, 5) is 27.6. The Kier molecular flexibility index (Phi) is 5.16. The highest BCUT2D eigenvalue weighted by Gasteiger charge is 2.28. The van der Waals surface area contributed by atoms with Crippen molar-refractivity contribution in [3.63, 3.8) is 0 Å². The van der Waals surface area contributed by atoms with Crippen molar-refractivity contribution in [1.29, 1.82) is 0 Å². The number of hydrogen-bond donors (Lipinski definition) is 1. The molecule has 0 aliphatic carbocycles. The van der Waals surface area contributed by atoms with Crippen molar-refractivity contribution in [2.24, 2.45) is 5.41 Å². The lowest BCUT2D eigenvalue weighted by Gasteiger charge is -2.30. The van der Waals surface area contributed by atoms with Crippen LogP contribution in [0.15, 0.2) is 35.7 Å². The predicted octanol–water partition coefficient (Wildman–Crippen LogP) is 4.54. The molecule has 132 valence electrons. The second-order valence-electron chi connectivity index (χ2n) is 6.85. The number of nitrogens with one attached hydrogen (secondary N) is 1. The first-order valence-electron chi connectivity index (χ1n) is 8.28. The molecule has 0 bridgehead atoms. The lowest BCUT2D eigenvalue weighted by molar-refractivity contribution is -0.122. The van der Waals surface area contributed by atoms with Gasteiger partial charge in [-0.25, -0.2) is 0 Å². The summed E-state index contributed by atoms with van der Waals surface area (Å²) in [5.41, 5.74) is 2.13. The molecule has 0 radical (unpaired) electrons. The number of carbonyl (C=O) groups is 2. The molecule has 0 unspecified atom stereocenters. The number of benzene rings is 1. The summed E-state index contributed by atoms with van der Waals surface area (Å²) in [6, 6.07) is 9.47. The smallest absolute Gasteiger partial charge is 0.268 e. The summed E-state index contributed by atoms with van der Waals surface area (Å²) in [6.07, 6.45) is 1.81. The van der Waals surface area contributed by atoms with E-state index in [0.717, 1.165) is 34.7 Å². The Morgan fingerprint density at radius 1 is 1.32 bits per heavy atom. The molecule has 1 aliphatic heterocycles. The number of anilines is 2. The minimum Gasteiger partial charge on any atom is -0.326 e. The van der Waals surface area contributed by atoms with Gasteiger partial charge in [-0.05, 0) is 61.9 Å². The molecule has 6 heteroatoms. The molecular weight excluding hydrogens is 356 g/mol. The van der Waals surface area contributed by atoms with Gasteiger partial charge in [0.1, 0.15) is 0 Å². The molecule has 4 nitrogen and oxygen atoms in total. The maximum atomic E-state index is 12.7. The second kappa shape index (κ2) is 7.18. The summed E-state index contributed by atoms with van der Waals surface area (Å²) in [6.45, 7) is 4.35. The SMILES string of the molecule is CC(C)(CCl)C(=O)Nc1ccc2c(c1)CCCN2C(=O)c1cccs1. The van der Waals surface area contributed by atoms with Crippen LogP contribution in [0.5, 0.6) is 0 Å². The number of nitrogens with zero attached hydrogens (tertiary/aromatic N) is 1. The van der Waals surface area contributed by atoms with Crippen molar-refractivity contribution >= 4 is 46.1 Å². The van der Waals surface area contributed by atoms with Crippen molar-refractivity contribution in [1.82, 2.24) is 0 Å². The first-order chi connectivity index (χ1) is 11.9. The van der Waals surface area contributed by atoms with Crippen LogP contribution in [-0.4, -0.2) is 24.2 Å². The van der Waals surface area contributed by atoms with Gasteiger partial charge < -0.3 is 10.2 Å². The Morgan fingerprint density at radius 2 is 2.12 bits per heavy atom. The Labute approximate surface area is 156 Å². The highest BCUT2D eigenvalue weighted by atomic mass is 35.5. The van der Waals surface area contributed by atoms with Crippen LogP contribution in [0.3, 0.4) is 0 Å². The molecular formula is C19H21ClN2O2S. The maximum absolute atomic E-state index is 12.7. The van der Waals surface area contributed by atoms with Crippen molar-refractivity contribution in [2.45, 2.75) is 26.7 Å². The second-order valence-corrected chi connectivity index (χ2v) is 8.07. The van der Waals surface area contributed by atoms with Gasteiger partial charge in [0.05, 0.1) is 10.3 Å². The van der Waals surface area contributed by atoms with Crippen LogP contribution < -0.4 is 10.2 Å². The predicted molar refractivity (Wildman–Crippen MR) is 104 cm³/mol. The zero-order valence-electron chi connectivity index (χ0n) is 14.3. The third-order valence-corrected chi connectivity index (χ3v) is 5.91. The summed E-state index contributed by atoms with van der Waals surface area (Å²) in [5, 5.41) is 4.84. The number of hydrogen-bond acceptors (Lipinski definition) is 3. The van der Waals surface area contributed by atoms with E-state index in [1.165, 1.54) is 11.3 Å². The molecule has 0 atom stereocenters. The van der Waals surface area contributed by atoms with Gasteiger partial charge in [0, 0.05) is 23.8 Å². The summed E-state index contributed by atoms with van der Waals surface area (Å²) in [7, 11) is 0. The zero-order valence-corrected chi connectivity index (χ0v) is 15.9. The number of fused-ring (bicyclic) bond motifs is 1. The molecule has 0 saturated carbocycles. The van der Waals surface area contributed by atoms with Crippen LogP contribution in [0.4, 0.5) is 11.4 Å². The molecule has 25 heavy (non-hydrogen) atoms. The summed E-state index contributed by atoms with van der Waals surface area (Å²) >= 11 is 7.32. The number of thiophene rings is 1. The van der Waals surface area contributed by atoms with Gasteiger partial charge in [0.15, 0.2) is 0 Å². The van der Waals surface area contributed by atoms with Gasteiger partial charge in [-0.1, -0.05) is 6.07 Å². The Balaban J connectivity index is 1.83. The van der Waals surface area contributed by atoms with Crippen LogP contribution in [0, 0.1) is 5.41 Å². The average Bonchev–Trinajstić information content (AvgIpc) is 3.15. The van der Waals surface area contributed by atoms with Gasteiger partial charge in [-0.15, -0.1) is 22.9 Å². The van der Waals surface area contributed by atoms with E-state index < -0.39 is 5.41 Å². The first-order valence-corrected chi connectivity index (χ1v) is 9.69. The van der Waals surface area contributed by atoms with Crippen LogP contribution in [-0.2, 0) is 11.2 Å². The van der Waals surface area contributed by atoms with Crippen molar-refractivity contribution < 1.29 is 9.59 Å². The maximum Gasteiger partial charge on any atom is 0.268 e. The monoisotopic (exact) mass is 376 g/mol. The van der Waals surface area contributed by atoms with Crippen LogP contribution in [0.2, 0.25) is 0 Å². The Morgan fingerprint density at radius 3 is 2.80 bits per heavy atom. The highest BCUT2D eigenvalue weighted by molar-refractivity contribution is 7.12. The van der Waals surface area contributed by atoms with Gasteiger partial charge in [-0.3, -0.25) is 9.59 Å². The largest absolute Gasteiger partial charge is 0.326 e. The third kappa shape index (κ3) is 3.72. The average molecular weight is 377 g/mol. The van der Waals surface area contributed by atoms with E-state index in [1.807, 2.05) is 54.5 Å². The number of carbonyl (C=O) groups excluding carboxylic acids is 2. The molecule has 2 heterocycles. The van der Waals surface area contributed by atoms with Gasteiger partial charge in [-0.2, -0.15) is 0 Å². The lowest BCUT2D eigenvalue weighted by Crippen LogP contribution is -2.35. The standard InChI is InChI=1S/C19H21ClN2O2S/c1-19(2,12-20)18(24)21-14-7-8-15-13(11-14)5-3-9-22(15)17(23)16-6-4-10-25-16/h4,6-8,10-11H,3,5,9,12H2,1-2H3,(H,21,24). The van der Waals surface area contributed by atoms with Crippen LogP contribution in [0.1, 0.15) is 35.5 Å². The quantitative estimate of drug-likeness (QED) is 0.796. The van der Waals surface area contributed by atoms with E-state index in [9.17, 15) is 9.59 Å². The fourth-order valence-corrected chi connectivity index (χ4v) is 3.57. The Bertz CT molecular complexity index is 787. The normalized spacial score (nSPS) is 14.1. The fourth-order valence-electron chi connectivity index (χ4n) is 2.78. The Hall–Kier alpha value is -1.85. The van der Waals surface area contributed by atoms with Gasteiger partial charge in [0.25, 0.3) is 5.91 Å². The number of aryl methyl sites for hydroxylation is 1. The van der Waals surface area contributed by atoms with Gasteiger partial charge >= 0.3 is 0 Å². The van der Waals surface area contributed by atoms with Crippen LogP contribution in [0.25, 0.3) is 0 Å². The zero-order chi connectivity index (χ0) is 18.0. The fraction of sp³-hybridized carbons (Fsp3) is 0.368. The van der Waals surface area contributed by atoms with Crippen molar-refractivity contribution in [3.05, 3.63) is 46.2 Å². The van der Waals surface area contributed by atoms with Crippen molar-refractivity contribution in [2.75, 3.05) is 22.6 Å². The lowest BCUT2D eigenvalue weighted by atomic mass is 9.94. The number of alkyl halides is 1. The van der Waals surface area contributed by atoms with E-state index in [0.29, 0.717) is 6.54 Å². The molecule has 2 aromatic rings.